The van der Waals surface area contributed by atoms with Gasteiger partial charge >= 0.3 is 0 Å². The molecule has 0 N–H and O–H groups in total. The summed E-state index contributed by atoms with van der Waals surface area (Å²) in [6.07, 6.45) is 3.45. The maximum Gasteiger partial charge on any atom is 0.231 e. The van der Waals surface area contributed by atoms with Gasteiger partial charge in [0.05, 0.1) is 19.8 Å². The van der Waals surface area contributed by atoms with E-state index in [1.54, 1.807) is 66.5 Å². The monoisotopic (exact) mass is 442 g/mol. The minimum atomic E-state index is -0.0957. The number of rotatable bonds is 7. The molecule has 3 rings (SSSR count). The number of carbonyl (C=O) groups is 2. The Morgan fingerprint density at radius 2 is 1.50 bits per heavy atom. The van der Waals surface area contributed by atoms with Gasteiger partial charge in [-0.1, -0.05) is 30.3 Å². The van der Waals surface area contributed by atoms with Crippen molar-refractivity contribution < 1.29 is 23.6 Å². The summed E-state index contributed by atoms with van der Waals surface area (Å²) in [5.41, 5.74) is 1.69. The summed E-state index contributed by atoms with van der Waals surface area (Å²) in [5, 5.41) is 0. The second kappa shape index (κ2) is 9.80. The van der Waals surface area contributed by atoms with E-state index in [1.807, 2.05) is 18.2 Å². The standard InChI is InChI=1S/C22H20NO4.BrH/c1-26-18-8-9-19(21(14-18)27-2)20(24)15-23-12-10-17(11-13-23)22(25)16-6-4-3-5-7-16;/h3-14H,15H2,1-2H3;1H/q+1;. The third-order valence-corrected chi connectivity index (χ3v) is 4.22. The molecule has 0 saturated heterocycles. The average Bonchev–Trinajstić information content (AvgIpc) is 2.73. The Balaban J connectivity index is 0.00000280. The predicted octanol–water partition coefficient (Wildman–Crippen LogP) is 3.68. The highest BCUT2D eigenvalue weighted by Gasteiger charge is 2.18. The number of hydrogen-bond acceptors (Lipinski definition) is 4. The molecule has 0 bridgehead atoms. The van der Waals surface area contributed by atoms with Crippen molar-refractivity contribution in [2.75, 3.05) is 14.2 Å². The number of pyridine rings is 1. The zero-order valence-corrected chi connectivity index (χ0v) is 17.3. The fraction of sp³-hybridized carbons (Fsp3) is 0.136. The largest absolute Gasteiger partial charge is 0.497 e. The van der Waals surface area contributed by atoms with Crippen LogP contribution in [0.1, 0.15) is 26.3 Å². The van der Waals surface area contributed by atoms with Crippen molar-refractivity contribution in [1.29, 1.82) is 0 Å². The second-order valence-corrected chi connectivity index (χ2v) is 5.94. The fourth-order valence-corrected chi connectivity index (χ4v) is 2.75. The van der Waals surface area contributed by atoms with E-state index in [1.165, 1.54) is 7.11 Å². The van der Waals surface area contributed by atoms with Crippen LogP contribution in [0.25, 0.3) is 0 Å². The minimum absolute atomic E-state index is 0. The van der Waals surface area contributed by atoms with Gasteiger partial charge in [-0.3, -0.25) is 9.59 Å². The molecule has 144 valence electrons. The summed E-state index contributed by atoms with van der Waals surface area (Å²) in [6, 6.07) is 17.6. The smallest absolute Gasteiger partial charge is 0.231 e. The van der Waals surface area contributed by atoms with Crippen LogP contribution in [0.3, 0.4) is 0 Å². The van der Waals surface area contributed by atoms with Gasteiger partial charge in [-0.05, 0) is 12.1 Å². The summed E-state index contributed by atoms with van der Waals surface area (Å²) < 4.78 is 12.2. The molecule has 0 aliphatic heterocycles. The molecule has 0 fully saturated rings. The fourth-order valence-electron chi connectivity index (χ4n) is 2.75. The van der Waals surface area contributed by atoms with Crippen LogP contribution >= 0.6 is 17.0 Å². The zero-order chi connectivity index (χ0) is 19.2. The number of methoxy groups -OCH3 is 2. The van der Waals surface area contributed by atoms with Crippen LogP contribution in [0, 0.1) is 0 Å². The third-order valence-electron chi connectivity index (χ3n) is 4.22. The molecule has 0 aliphatic rings. The molecule has 0 amide bonds. The second-order valence-electron chi connectivity index (χ2n) is 5.94. The number of halogens is 1. The molecule has 0 unspecified atom stereocenters. The molecule has 0 aliphatic carbocycles. The number of ether oxygens (including phenoxy) is 2. The molecule has 6 heteroatoms. The molecule has 0 spiro atoms. The van der Waals surface area contributed by atoms with Gasteiger partial charge in [-0.2, -0.15) is 4.57 Å². The first-order chi connectivity index (χ1) is 13.1. The Labute approximate surface area is 174 Å². The highest BCUT2D eigenvalue weighted by Crippen LogP contribution is 2.24. The number of Topliss-reactive ketones (excluding diaryl/α,β-unsaturated/α-hetero) is 1. The SMILES string of the molecule is Br.COc1ccc(C(=O)C[n+]2ccc(C(=O)c3ccccc3)cc2)c(OC)c1. The zero-order valence-electron chi connectivity index (χ0n) is 15.6. The molecular weight excluding hydrogens is 422 g/mol. The van der Waals surface area contributed by atoms with Gasteiger partial charge in [0.2, 0.25) is 12.3 Å². The van der Waals surface area contributed by atoms with Crippen molar-refractivity contribution in [2.24, 2.45) is 0 Å². The number of nitrogens with zero attached hydrogens (tertiary/aromatic N) is 1. The summed E-state index contributed by atoms with van der Waals surface area (Å²) in [7, 11) is 3.08. The Bertz CT molecular complexity index is 956. The van der Waals surface area contributed by atoms with Crippen molar-refractivity contribution >= 4 is 28.5 Å². The van der Waals surface area contributed by atoms with E-state index < -0.39 is 0 Å². The molecule has 3 aromatic rings. The summed E-state index contributed by atoms with van der Waals surface area (Å²) in [6.45, 7) is 0.141. The van der Waals surface area contributed by atoms with Crippen molar-refractivity contribution in [2.45, 2.75) is 6.54 Å². The van der Waals surface area contributed by atoms with Crippen molar-refractivity contribution in [3.8, 4) is 11.5 Å². The Hall–Kier alpha value is -2.99. The van der Waals surface area contributed by atoms with Crippen molar-refractivity contribution in [3.63, 3.8) is 0 Å². The highest BCUT2D eigenvalue weighted by atomic mass is 79.9. The number of aromatic nitrogens is 1. The normalized spacial score (nSPS) is 9.93. The summed E-state index contributed by atoms with van der Waals surface area (Å²) >= 11 is 0. The van der Waals surface area contributed by atoms with Crippen LogP contribution < -0.4 is 14.0 Å². The first-order valence-corrected chi connectivity index (χ1v) is 8.46. The molecular formula is C22H21BrNO4+. The number of benzene rings is 2. The van der Waals surface area contributed by atoms with E-state index >= 15 is 0 Å². The maximum absolute atomic E-state index is 12.6. The van der Waals surface area contributed by atoms with E-state index in [0.29, 0.717) is 28.2 Å². The quantitative estimate of drug-likeness (QED) is 0.413. The Morgan fingerprint density at radius 1 is 0.857 bits per heavy atom. The molecule has 0 atom stereocenters. The van der Waals surface area contributed by atoms with Crippen LogP contribution in [0.4, 0.5) is 0 Å². The maximum atomic E-state index is 12.6. The van der Waals surface area contributed by atoms with Gasteiger partial charge < -0.3 is 9.47 Å². The topological polar surface area (TPSA) is 56.5 Å². The molecule has 1 aromatic heterocycles. The highest BCUT2D eigenvalue weighted by molar-refractivity contribution is 8.93. The Kier molecular flexibility index (Phi) is 7.46. The number of carbonyl (C=O) groups excluding carboxylic acids is 2. The van der Waals surface area contributed by atoms with Crippen LogP contribution in [-0.2, 0) is 6.54 Å². The molecule has 0 saturated carbocycles. The van der Waals surface area contributed by atoms with Crippen LogP contribution in [-0.4, -0.2) is 25.8 Å². The van der Waals surface area contributed by atoms with Gasteiger partial charge in [0.25, 0.3) is 0 Å². The third kappa shape index (κ3) is 4.84. The molecule has 0 radical (unpaired) electrons. The van der Waals surface area contributed by atoms with Gasteiger partial charge in [0, 0.05) is 29.3 Å². The molecule has 5 nitrogen and oxygen atoms in total. The van der Waals surface area contributed by atoms with E-state index in [-0.39, 0.29) is 35.1 Å². The van der Waals surface area contributed by atoms with Crippen molar-refractivity contribution in [3.05, 3.63) is 89.7 Å². The van der Waals surface area contributed by atoms with Crippen LogP contribution in [0.2, 0.25) is 0 Å². The van der Waals surface area contributed by atoms with Crippen LogP contribution in [0.5, 0.6) is 11.5 Å². The van der Waals surface area contributed by atoms with Crippen molar-refractivity contribution in [1.82, 2.24) is 0 Å². The molecule has 1 heterocycles. The predicted molar refractivity (Wildman–Crippen MR) is 111 cm³/mol. The first kappa shape index (κ1) is 21.3. The number of ketones is 2. The van der Waals surface area contributed by atoms with Crippen LogP contribution in [0.15, 0.2) is 73.1 Å². The average molecular weight is 443 g/mol. The Morgan fingerprint density at radius 3 is 2.11 bits per heavy atom. The van der Waals surface area contributed by atoms with Gasteiger partial charge in [0.1, 0.15) is 11.5 Å². The van der Waals surface area contributed by atoms with E-state index in [9.17, 15) is 9.59 Å². The van der Waals surface area contributed by atoms with E-state index in [0.717, 1.165) is 0 Å². The van der Waals surface area contributed by atoms with Gasteiger partial charge in [0.15, 0.2) is 18.2 Å². The van der Waals surface area contributed by atoms with E-state index in [4.69, 9.17) is 9.47 Å². The summed E-state index contributed by atoms with van der Waals surface area (Å²) in [4.78, 5) is 25.1. The van der Waals surface area contributed by atoms with Gasteiger partial charge in [-0.15, -0.1) is 17.0 Å². The lowest BCUT2D eigenvalue weighted by molar-refractivity contribution is -0.683. The van der Waals surface area contributed by atoms with E-state index in [2.05, 4.69) is 0 Å². The van der Waals surface area contributed by atoms with Gasteiger partial charge in [-0.25, -0.2) is 0 Å². The molecule has 28 heavy (non-hydrogen) atoms. The first-order valence-electron chi connectivity index (χ1n) is 8.46. The summed E-state index contributed by atoms with van der Waals surface area (Å²) in [5.74, 6) is 0.947. The minimum Gasteiger partial charge on any atom is -0.497 e. The molecule has 2 aromatic carbocycles. The lowest BCUT2D eigenvalue weighted by atomic mass is 10.0. The lowest BCUT2D eigenvalue weighted by Crippen LogP contribution is -2.37. The lowest BCUT2D eigenvalue weighted by Gasteiger charge is -2.08. The number of hydrogen-bond donors (Lipinski definition) is 0.